The van der Waals surface area contributed by atoms with E-state index in [1.165, 1.54) is 0 Å². The summed E-state index contributed by atoms with van der Waals surface area (Å²) in [5, 5.41) is 0. The number of hydrogen-bond donors (Lipinski definition) is 0. The maximum absolute atomic E-state index is 11.7. The molecular formula is C13H15BrO3. The average Bonchev–Trinajstić information content (AvgIpc) is 2.85. The van der Waals surface area contributed by atoms with Crippen molar-refractivity contribution in [2.75, 3.05) is 19.8 Å². The number of halogens is 1. The Morgan fingerprint density at radius 3 is 3.00 bits per heavy atom. The molecule has 1 fully saturated rings. The van der Waals surface area contributed by atoms with Gasteiger partial charge in [0.25, 0.3) is 0 Å². The Labute approximate surface area is 109 Å². The first-order valence-corrected chi connectivity index (χ1v) is 6.48. The minimum Gasteiger partial charge on any atom is -0.381 e. The van der Waals surface area contributed by atoms with Crippen LogP contribution in [0.25, 0.3) is 0 Å². The highest BCUT2D eigenvalue weighted by molar-refractivity contribution is 9.10. The summed E-state index contributed by atoms with van der Waals surface area (Å²) < 4.78 is 11.6. The third-order valence-electron chi connectivity index (χ3n) is 2.84. The smallest absolute Gasteiger partial charge is 0.163 e. The van der Waals surface area contributed by atoms with Gasteiger partial charge in [-0.1, -0.05) is 34.1 Å². The zero-order valence-electron chi connectivity index (χ0n) is 9.52. The zero-order chi connectivity index (χ0) is 12.1. The van der Waals surface area contributed by atoms with Crippen molar-refractivity contribution >= 4 is 21.7 Å². The lowest BCUT2D eigenvalue weighted by molar-refractivity contribution is -0.127. The summed E-state index contributed by atoms with van der Waals surface area (Å²) in [5.41, 5.74) is 1.06. The van der Waals surface area contributed by atoms with Crippen LogP contribution in [0.4, 0.5) is 0 Å². The van der Waals surface area contributed by atoms with Gasteiger partial charge >= 0.3 is 0 Å². The Balaban J connectivity index is 1.76. The highest BCUT2D eigenvalue weighted by Crippen LogP contribution is 2.17. The average molecular weight is 299 g/mol. The number of carbonyl (C=O) groups is 1. The molecule has 3 nitrogen and oxygen atoms in total. The Kier molecular flexibility index (Phi) is 4.71. The van der Waals surface area contributed by atoms with E-state index in [1.807, 2.05) is 24.3 Å². The van der Waals surface area contributed by atoms with Crippen LogP contribution in [0.15, 0.2) is 28.7 Å². The van der Waals surface area contributed by atoms with Crippen LogP contribution in [0.3, 0.4) is 0 Å². The van der Waals surface area contributed by atoms with E-state index in [-0.39, 0.29) is 18.3 Å². The number of ether oxygens (including phenoxy) is 2. The summed E-state index contributed by atoms with van der Waals surface area (Å²) in [6.45, 7) is 1.88. The first-order chi connectivity index (χ1) is 8.27. The van der Waals surface area contributed by atoms with Gasteiger partial charge in [0.15, 0.2) is 5.78 Å². The molecule has 0 saturated carbocycles. The van der Waals surface area contributed by atoms with Crippen LogP contribution in [0.1, 0.15) is 12.0 Å². The van der Waals surface area contributed by atoms with Gasteiger partial charge in [-0.3, -0.25) is 4.79 Å². The summed E-state index contributed by atoms with van der Waals surface area (Å²) in [4.78, 5) is 11.7. The maximum Gasteiger partial charge on any atom is 0.163 e. The number of Topliss-reactive ketones (excluding diaryl/α,β-unsaturated/α-hetero) is 1. The minimum absolute atomic E-state index is 0.0363. The fraction of sp³-hybridized carbons (Fsp3) is 0.462. The molecule has 1 aliphatic rings. The molecule has 17 heavy (non-hydrogen) atoms. The van der Waals surface area contributed by atoms with Crippen LogP contribution in [0, 0.1) is 5.92 Å². The Morgan fingerprint density at radius 1 is 1.47 bits per heavy atom. The fourth-order valence-electron chi connectivity index (χ4n) is 1.78. The quantitative estimate of drug-likeness (QED) is 0.838. The summed E-state index contributed by atoms with van der Waals surface area (Å²) in [6, 6.07) is 7.85. The van der Waals surface area contributed by atoms with E-state index < -0.39 is 0 Å². The standard InChI is InChI=1S/C13H15BrO3/c14-12-4-2-1-3-10(12)7-17-9-13(15)11-5-6-16-8-11/h1-4,11H,5-9H2. The molecule has 1 atom stereocenters. The second kappa shape index (κ2) is 6.28. The predicted molar refractivity (Wildman–Crippen MR) is 67.7 cm³/mol. The third kappa shape index (κ3) is 3.63. The van der Waals surface area contributed by atoms with Crippen molar-refractivity contribution in [1.82, 2.24) is 0 Å². The van der Waals surface area contributed by atoms with Gasteiger partial charge in [-0.15, -0.1) is 0 Å². The highest BCUT2D eigenvalue weighted by Gasteiger charge is 2.23. The van der Waals surface area contributed by atoms with Crippen LogP contribution in [0.5, 0.6) is 0 Å². The van der Waals surface area contributed by atoms with Crippen molar-refractivity contribution in [3.63, 3.8) is 0 Å². The fourth-order valence-corrected chi connectivity index (χ4v) is 2.18. The molecule has 0 bridgehead atoms. The Bertz CT molecular complexity index is 386. The van der Waals surface area contributed by atoms with Gasteiger partial charge in [-0.05, 0) is 18.1 Å². The van der Waals surface area contributed by atoms with Gasteiger partial charge in [0.1, 0.15) is 6.61 Å². The van der Waals surface area contributed by atoms with E-state index in [9.17, 15) is 4.79 Å². The van der Waals surface area contributed by atoms with Gasteiger partial charge in [0, 0.05) is 17.0 Å². The molecule has 1 aromatic carbocycles. The van der Waals surface area contributed by atoms with E-state index in [0.717, 1.165) is 16.5 Å². The number of rotatable bonds is 5. The Hall–Kier alpha value is -0.710. The lowest BCUT2D eigenvalue weighted by Gasteiger charge is -2.08. The molecule has 2 rings (SSSR count). The summed E-state index contributed by atoms with van der Waals surface area (Å²) in [5.74, 6) is 0.184. The molecule has 1 aromatic rings. The normalized spacial score (nSPS) is 19.5. The van der Waals surface area contributed by atoms with Gasteiger partial charge < -0.3 is 9.47 Å². The zero-order valence-corrected chi connectivity index (χ0v) is 11.1. The molecule has 0 N–H and O–H groups in total. The van der Waals surface area contributed by atoms with E-state index in [2.05, 4.69) is 15.9 Å². The number of benzene rings is 1. The Morgan fingerprint density at radius 2 is 2.29 bits per heavy atom. The van der Waals surface area contributed by atoms with E-state index in [0.29, 0.717) is 19.8 Å². The van der Waals surface area contributed by atoms with Crippen molar-refractivity contribution in [2.45, 2.75) is 13.0 Å². The molecule has 1 unspecified atom stereocenters. The molecule has 4 heteroatoms. The highest BCUT2D eigenvalue weighted by atomic mass is 79.9. The first-order valence-electron chi connectivity index (χ1n) is 5.69. The van der Waals surface area contributed by atoms with E-state index >= 15 is 0 Å². The summed E-state index contributed by atoms with van der Waals surface area (Å²) >= 11 is 3.44. The van der Waals surface area contributed by atoms with Crippen LogP contribution in [-0.4, -0.2) is 25.6 Å². The second-order valence-corrected chi connectivity index (χ2v) is 4.97. The van der Waals surface area contributed by atoms with Gasteiger partial charge in [0.2, 0.25) is 0 Å². The molecule has 0 aliphatic carbocycles. The van der Waals surface area contributed by atoms with Crippen LogP contribution in [0.2, 0.25) is 0 Å². The monoisotopic (exact) mass is 298 g/mol. The van der Waals surface area contributed by atoms with Gasteiger partial charge in [0.05, 0.1) is 13.2 Å². The molecule has 0 amide bonds. The SMILES string of the molecule is O=C(COCc1ccccc1Br)C1CCOC1. The van der Waals surface area contributed by atoms with Gasteiger partial charge in [-0.2, -0.15) is 0 Å². The molecular weight excluding hydrogens is 284 g/mol. The van der Waals surface area contributed by atoms with Crippen molar-refractivity contribution in [3.8, 4) is 0 Å². The van der Waals surface area contributed by atoms with Gasteiger partial charge in [-0.25, -0.2) is 0 Å². The molecule has 1 heterocycles. The van der Waals surface area contributed by atoms with Crippen molar-refractivity contribution in [1.29, 1.82) is 0 Å². The maximum atomic E-state index is 11.7. The summed E-state index contributed by atoms with van der Waals surface area (Å²) in [6.07, 6.45) is 0.831. The van der Waals surface area contributed by atoms with E-state index in [4.69, 9.17) is 9.47 Å². The minimum atomic E-state index is 0.0363. The van der Waals surface area contributed by atoms with Crippen molar-refractivity contribution in [3.05, 3.63) is 34.3 Å². The second-order valence-electron chi connectivity index (χ2n) is 4.11. The lowest BCUT2D eigenvalue weighted by atomic mass is 10.0. The summed E-state index contributed by atoms with van der Waals surface area (Å²) in [7, 11) is 0. The largest absolute Gasteiger partial charge is 0.381 e. The molecule has 92 valence electrons. The van der Waals surface area contributed by atoms with Crippen LogP contribution < -0.4 is 0 Å². The molecule has 1 aliphatic heterocycles. The molecule has 1 saturated heterocycles. The number of ketones is 1. The van der Waals surface area contributed by atoms with Crippen molar-refractivity contribution in [2.24, 2.45) is 5.92 Å². The number of carbonyl (C=O) groups excluding carboxylic acids is 1. The first kappa shape index (κ1) is 12.7. The lowest BCUT2D eigenvalue weighted by Crippen LogP contribution is -2.20. The topological polar surface area (TPSA) is 35.5 Å². The third-order valence-corrected chi connectivity index (χ3v) is 3.62. The van der Waals surface area contributed by atoms with Crippen LogP contribution in [-0.2, 0) is 20.9 Å². The van der Waals surface area contributed by atoms with Crippen LogP contribution >= 0.6 is 15.9 Å². The predicted octanol–water partition coefficient (Wildman–Crippen LogP) is 2.57. The number of hydrogen-bond acceptors (Lipinski definition) is 3. The molecule has 0 radical (unpaired) electrons. The van der Waals surface area contributed by atoms with E-state index in [1.54, 1.807) is 0 Å². The molecule has 0 spiro atoms. The van der Waals surface area contributed by atoms with Crippen molar-refractivity contribution < 1.29 is 14.3 Å². The molecule has 0 aromatic heterocycles.